The normalized spacial score (nSPS) is 24.8. The first-order valence-corrected chi connectivity index (χ1v) is 12.1. The van der Waals surface area contributed by atoms with Gasteiger partial charge >= 0.3 is 0 Å². The van der Waals surface area contributed by atoms with Gasteiger partial charge in [-0.15, -0.1) is 0 Å². The van der Waals surface area contributed by atoms with Crippen molar-refractivity contribution in [2.45, 2.75) is 70.7 Å². The molecule has 4 rings (SSSR count). The average Bonchev–Trinajstić information content (AvgIpc) is 2.82. The number of Topliss-reactive ketones (excluding diaryl/α,β-unsaturated/α-hetero) is 1. The summed E-state index contributed by atoms with van der Waals surface area (Å²) in [7, 11) is 0. The van der Waals surface area contributed by atoms with E-state index in [1.165, 1.54) is 6.92 Å². The van der Waals surface area contributed by atoms with E-state index in [9.17, 15) is 50.1 Å². The van der Waals surface area contributed by atoms with Crippen molar-refractivity contribution < 1.29 is 59.6 Å². The molecule has 39 heavy (non-hydrogen) atoms. The molecule has 0 saturated carbocycles. The van der Waals surface area contributed by atoms with E-state index in [0.29, 0.717) is 0 Å². The smallest absolute Gasteiger partial charge is 0.198 e. The van der Waals surface area contributed by atoms with E-state index in [1.54, 1.807) is 20.8 Å². The number of phenolic OH excluding ortho intramolecular Hbond substituents is 3. The molecule has 0 spiro atoms. The number of carbonyl (C=O) groups is 3. The lowest BCUT2D eigenvalue weighted by molar-refractivity contribution is -0.232. The highest BCUT2D eigenvalue weighted by molar-refractivity contribution is 6.32. The van der Waals surface area contributed by atoms with Crippen LogP contribution in [-0.2, 0) is 4.74 Å². The molecule has 2 aromatic carbocycles. The third-order valence-electron chi connectivity index (χ3n) is 6.86. The van der Waals surface area contributed by atoms with Crippen LogP contribution >= 0.6 is 0 Å². The molecule has 7 N–H and O–H groups in total. The topological polar surface area (TPSA) is 211 Å². The minimum Gasteiger partial charge on any atom is -0.507 e. The molecule has 12 nitrogen and oxygen atoms in total. The van der Waals surface area contributed by atoms with Gasteiger partial charge in [0.1, 0.15) is 47.6 Å². The van der Waals surface area contributed by atoms with E-state index in [1.807, 2.05) is 0 Å². The fourth-order valence-corrected chi connectivity index (χ4v) is 5.15. The summed E-state index contributed by atoms with van der Waals surface area (Å²) in [6, 6.07) is 0.939. The van der Waals surface area contributed by atoms with Crippen LogP contribution in [0.25, 0.3) is 0 Å². The van der Waals surface area contributed by atoms with Crippen molar-refractivity contribution in [2.24, 2.45) is 0 Å². The fourth-order valence-electron chi connectivity index (χ4n) is 5.15. The first-order chi connectivity index (χ1) is 18.0. The molecule has 0 radical (unpaired) electrons. The van der Waals surface area contributed by atoms with Crippen molar-refractivity contribution in [3.8, 4) is 23.0 Å². The summed E-state index contributed by atoms with van der Waals surface area (Å²) in [5.74, 6) is -5.42. The molecule has 0 bridgehead atoms. The Morgan fingerprint density at radius 3 is 2.08 bits per heavy atom. The van der Waals surface area contributed by atoms with Crippen molar-refractivity contribution in [3.63, 3.8) is 0 Å². The van der Waals surface area contributed by atoms with E-state index in [4.69, 9.17) is 9.47 Å². The molecule has 12 heteroatoms. The number of hydrogen-bond acceptors (Lipinski definition) is 12. The quantitative estimate of drug-likeness (QED) is 0.179. The molecular weight excluding hydrogens is 516 g/mol. The highest BCUT2D eigenvalue weighted by Gasteiger charge is 2.49. The average molecular weight is 547 g/mol. The SMILES string of the molecule is CC(=O)c1c(O)cc2c(c1C)C(=O)c1c(O)c(C3O[C@H](CO)[C@@H](O)[C@H](O)[C@H]3O)c(OC(C)(C)C)c(O)c1C2=O. The zero-order chi connectivity index (χ0) is 29.3. The van der Waals surface area contributed by atoms with Crippen LogP contribution in [0.15, 0.2) is 6.07 Å². The lowest BCUT2D eigenvalue weighted by Crippen LogP contribution is -2.55. The Hall–Kier alpha value is -3.55. The van der Waals surface area contributed by atoms with E-state index in [0.717, 1.165) is 13.0 Å². The number of ketones is 3. The molecule has 0 amide bonds. The van der Waals surface area contributed by atoms with Gasteiger partial charge in [0.2, 0.25) is 0 Å². The summed E-state index contributed by atoms with van der Waals surface area (Å²) < 4.78 is 11.4. The lowest BCUT2D eigenvalue weighted by atomic mass is 9.77. The number of rotatable bonds is 4. The molecule has 2 aliphatic rings. The minimum absolute atomic E-state index is 0.0233. The first-order valence-electron chi connectivity index (χ1n) is 12.1. The molecule has 1 saturated heterocycles. The monoisotopic (exact) mass is 546 g/mol. The number of aromatic hydroxyl groups is 3. The van der Waals surface area contributed by atoms with Gasteiger partial charge in [-0.05, 0) is 46.2 Å². The van der Waals surface area contributed by atoms with Crippen LogP contribution in [0, 0.1) is 6.92 Å². The van der Waals surface area contributed by atoms with Crippen molar-refractivity contribution in [3.05, 3.63) is 45.0 Å². The highest BCUT2D eigenvalue weighted by atomic mass is 16.5. The number of hydrogen-bond donors (Lipinski definition) is 7. The van der Waals surface area contributed by atoms with E-state index in [2.05, 4.69) is 0 Å². The largest absolute Gasteiger partial charge is 0.507 e. The molecule has 0 aromatic heterocycles. The van der Waals surface area contributed by atoms with E-state index < -0.39 is 99.8 Å². The Kier molecular flexibility index (Phi) is 6.99. The molecule has 5 atom stereocenters. The molecule has 1 aliphatic carbocycles. The molecule has 1 fully saturated rings. The van der Waals surface area contributed by atoms with Crippen molar-refractivity contribution in [1.29, 1.82) is 0 Å². The van der Waals surface area contributed by atoms with Crippen LogP contribution in [0.2, 0.25) is 0 Å². The Labute approximate surface area is 222 Å². The van der Waals surface area contributed by atoms with Crippen LogP contribution in [0.3, 0.4) is 0 Å². The zero-order valence-electron chi connectivity index (χ0n) is 21.8. The summed E-state index contributed by atoms with van der Waals surface area (Å²) in [6.07, 6.45) is -8.69. The predicted molar refractivity (Wildman–Crippen MR) is 133 cm³/mol. The maximum atomic E-state index is 13.8. The summed E-state index contributed by atoms with van der Waals surface area (Å²) in [6.45, 7) is 6.44. The zero-order valence-corrected chi connectivity index (χ0v) is 21.8. The molecule has 1 aliphatic heterocycles. The van der Waals surface area contributed by atoms with Gasteiger partial charge in [0.15, 0.2) is 28.8 Å². The van der Waals surface area contributed by atoms with Crippen LogP contribution in [0.4, 0.5) is 0 Å². The van der Waals surface area contributed by atoms with Gasteiger partial charge in [0.05, 0.1) is 28.9 Å². The Morgan fingerprint density at radius 1 is 0.949 bits per heavy atom. The molecule has 1 heterocycles. The van der Waals surface area contributed by atoms with Gasteiger partial charge in [-0.2, -0.15) is 0 Å². The predicted octanol–water partition coefficient (Wildman–Crippen LogP) is 0.782. The number of carbonyl (C=O) groups excluding carboxylic acids is 3. The van der Waals surface area contributed by atoms with Crippen LogP contribution in [0.1, 0.15) is 87.1 Å². The Morgan fingerprint density at radius 2 is 1.54 bits per heavy atom. The molecular formula is C27H30O12. The number of aliphatic hydroxyl groups excluding tert-OH is 4. The Bertz CT molecular complexity index is 1400. The summed E-state index contributed by atoms with van der Waals surface area (Å²) in [4.78, 5) is 39.6. The summed E-state index contributed by atoms with van der Waals surface area (Å²) in [5.41, 5.74) is -3.74. The molecule has 2 aromatic rings. The third-order valence-corrected chi connectivity index (χ3v) is 6.86. The third kappa shape index (κ3) is 4.34. The maximum Gasteiger partial charge on any atom is 0.198 e. The van der Waals surface area contributed by atoms with Crippen molar-refractivity contribution >= 4 is 17.3 Å². The van der Waals surface area contributed by atoms with Crippen LogP contribution in [-0.4, -0.2) is 89.7 Å². The number of aliphatic hydroxyl groups is 4. The van der Waals surface area contributed by atoms with Gasteiger partial charge in [-0.3, -0.25) is 14.4 Å². The van der Waals surface area contributed by atoms with Gasteiger partial charge in [-0.25, -0.2) is 0 Å². The summed E-state index contributed by atoms with van der Waals surface area (Å²) >= 11 is 0. The second kappa shape index (κ2) is 9.57. The molecule has 1 unspecified atom stereocenters. The number of benzene rings is 2. The number of fused-ring (bicyclic) bond motifs is 2. The highest BCUT2D eigenvalue weighted by Crippen LogP contribution is 2.53. The van der Waals surface area contributed by atoms with E-state index >= 15 is 0 Å². The van der Waals surface area contributed by atoms with Crippen molar-refractivity contribution in [2.75, 3.05) is 6.61 Å². The standard InChI is InChI=1S/C27H30O12/c1-8-13(9(2)29)11(30)6-10-14(8)20(33)16-15(18(10)31)22(35)26(39-27(3,4)5)17(21(16)34)25-24(37)23(36)19(32)12(7-28)38-25/h6,12,19,23-25,28,30,32,34-37H,7H2,1-5H3/t12-,19-,23+,24-,25?/m1/s1. The number of phenols is 3. The second-order valence-electron chi connectivity index (χ2n) is 10.7. The minimum atomic E-state index is -1.93. The molecule has 210 valence electrons. The van der Waals surface area contributed by atoms with Gasteiger partial charge in [-0.1, -0.05) is 0 Å². The Balaban J connectivity index is 2.07. The van der Waals surface area contributed by atoms with Crippen LogP contribution < -0.4 is 4.74 Å². The van der Waals surface area contributed by atoms with Gasteiger partial charge < -0.3 is 45.2 Å². The second-order valence-corrected chi connectivity index (χ2v) is 10.7. The first kappa shape index (κ1) is 28.5. The summed E-state index contributed by atoms with van der Waals surface area (Å²) in [5, 5.41) is 74.2. The van der Waals surface area contributed by atoms with Gasteiger partial charge in [0, 0.05) is 11.1 Å². The number of ether oxygens (including phenoxy) is 2. The van der Waals surface area contributed by atoms with E-state index in [-0.39, 0.29) is 22.3 Å². The fraction of sp³-hybridized carbons (Fsp3) is 0.444. The van der Waals surface area contributed by atoms with Gasteiger partial charge in [0.25, 0.3) is 0 Å². The van der Waals surface area contributed by atoms with Crippen LogP contribution in [0.5, 0.6) is 23.0 Å². The maximum absolute atomic E-state index is 13.8. The van der Waals surface area contributed by atoms with Crippen molar-refractivity contribution in [1.82, 2.24) is 0 Å². The lowest BCUT2D eigenvalue weighted by Gasteiger charge is -2.41.